The van der Waals surface area contributed by atoms with E-state index in [1.165, 1.54) is 0 Å². The van der Waals surface area contributed by atoms with Crippen molar-refractivity contribution in [1.29, 1.82) is 0 Å². The maximum atomic E-state index is 13.1. The van der Waals surface area contributed by atoms with E-state index in [2.05, 4.69) is 5.32 Å². The summed E-state index contributed by atoms with van der Waals surface area (Å²) in [6.07, 6.45) is 3.70. The Morgan fingerprint density at radius 1 is 1.00 bits per heavy atom. The second kappa shape index (κ2) is 7.35. The Morgan fingerprint density at radius 3 is 2.30 bits per heavy atom. The largest absolute Gasteiger partial charge is 0.350 e. The molecule has 0 radical (unpaired) electrons. The van der Waals surface area contributed by atoms with E-state index in [0.717, 1.165) is 36.8 Å². The molecule has 4 rings (SSSR count). The van der Waals surface area contributed by atoms with Gasteiger partial charge in [0.2, 0.25) is 5.91 Å². The van der Waals surface area contributed by atoms with E-state index < -0.39 is 5.66 Å². The standard InChI is InChI=1S/C22H23N3O2/c26-19(23-15-17-9-3-1-4-10-17)16-25-21(27)20(18-11-5-2-6-12-18)24-22(25)13-7-8-14-22/h1-6,9-12H,7-8,13-16H2,(H,23,26). The summed E-state index contributed by atoms with van der Waals surface area (Å²) in [7, 11) is 0. The molecule has 1 aliphatic heterocycles. The zero-order valence-corrected chi connectivity index (χ0v) is 15.2. The summed E-state index contributed by atoms with van der Waals surface area (Å²) < 4.78 is 0. The van der Waals surface area contributed by atoms with Crippen molar-refractivity contribution in [3.63, 3.8) is 0 Å². The van der Waals surface area contributed by atoms with E-state index in [9.17, 15) is 9.59 Å². The number of nitrogens with one attached hydrogen (secondary N) is 1. The number of nitrogens with zero attached hydrogens (tertiary/aromatic N) is 2. The molecule has 1 heterocycles. The number of benzene rings is 2. The van der Waals surface area contributed by atoms with Crippen LogP contribution in [0.2, 0.25) is 0 Å². The predicted octanol–water partition coefficient (Wildman–Crippen LogP) is 2.90. The van der Waals surface area contributed by atoms with Gasteiger partial charge in [-0.15, -0.1) is 0 Å². The van der Waals surface area contributed by atoms with Gasteiger partial charge >= 0.3 is 0 Å². The number of carbonyl (C=O) groups is 2. The third-order valence-corrected chi connectivity index (χ3v) is 5.36. The molecular weight excluding hydrogens is 338 g/mol. The monoisotopic (exact) mass is 361 g/mol. The van der Waals surface area contributed by atoms with Crippen molar-refractivity contribution in [2.24, 2.45) is 4.99 Å². The van der Waals surface area contributed by atoms with Crippen molar-refractivity contribution in [1.82, 2.24) is 10.2 Å². The first kappa shape index (κ1) is 17.5. The Labute approximate surface area is 159 Å². The van der Waals surface area contributed by atoms with Gasteiger partial charge in [-0.2, -0.15) is 0 Å². The molecule has 27 heavy (non-hydrogen) atoms. The first-order valence-electron chi connectivity index (χ1n) is 9.46. The van der Waals surface area contributed by atoms with E-state index in [1.54, 1.807) is 4.90 Å². The number of amides is 2. The van der Waals surface area contributed by atoms with Crippen molar-refractivity contribution >= 4 is 17.5 Å². The lowest BCUT2D eigenvalue weighted by Gasteiger charge is -2.32. The molecular formula is C22H23N3O2. The van der Waals surface area contributed by atoms with E-state index >= 15 is 0 Å². The molecule has 5 nitrogen and oxygen atoms in total. The quantitative estimate of drug-likeness (QED) is 0.890. The van der Waals surface area contributed by atoms with Gasteiger partial charge in [0.05, 0.1) is 0 Å². The number of hydrogen-bond acceptors (Lipinski definition) is 3. The van der Waals surface area contributed by atoms with Crippen LogP contribution in [0, 0.1) is 0 Å². The zero-order chi connectivity index (χ0) is 18.7. The molecule has 1 saturated carbocycles. The van der Waals surface area contributed by atoms with Gasteiger partial charge in [-0.3, -0.25) is 14.6 Å². The van der Waals surface area contributed by atoms with Gasteiger partial charge in [0.1, 0.15) is 17.9 Å². The fraction of sp³-hybridized carbons (Fsp3) is 0.318. The van der Waals surface area contributed by atoms with Crippen LogP contribution >= 0.6 is 0 Å². The Morgan fingerprint density at radius 2 is 1.63 bits per heavy atom. The lowest BCUT2D eigenvalue weighted by molar-refractivity contribution is -0.134. The highest BCUT2D eigenvalue weighted by atomic mass is 16.2. The van der Waals surface area contributed by atoms with Gasteiger partial charge in [0.15, 0.2) is 0 Å². The van der Waals surface area contributed by atoms with Crippen molar-refractivity contribution in [3.05, 3.63) is 71.8 Å². The molecule has 0 bridgehead atoms. The number of hydrogen-bond donors (Lipinski definition) is 1. The predicted molar refractivity (Wildman–Crippen MR) is 104 cm³/mol. The number of aliphatic imine (C=N–C) groups is 1. The van der Waals surface area contributed by atoms with Crippen LogP contribution in [-0.2, 0) is 16.1 Å². The summed E-state index contributed by atoms with van der Waals surface area (Å²) >= 11 is 0. The Bertz CT molecular complexity index is 856. The van der Waals surface area contributed by atoms with Crippen molar-refractivity contribution in [3.8, 4) is 0 Å². The zero-order valence-electron chi connectivity index (χ0n) is 15.2. The minimum absolute atomic E-state index is 0.0471. The SMILES string of the molecule is O=C(CN1C(=O)C(c2ccccc2)=NC12CCCC2)NCc1ccccc1. The van der Waals surface area contributed by atoms with Gasteiger partial charge in [-0.05, 0) is 31.2 Å². The van der Waals surface area contributed by atoms with Gasteiger partial charge in [0.25, 0.3) is 5.91 Å². The molecule has 1 fully saturated rings. The van der Waals surface area contributed by atoms with Gasteiger partial charge in [-0.1, -0.05) is 60.7 Å². The number of rotatable bonds is 5. The normalized spacial score (nSPS) is 18.0. The average Bonchev–Trinajstić information content (AvgIpc) is 3.29. The molecule has 0 aromatic heterocycles. The summed E-state index contributed by atoms with van der Waals surface area (Å²) in [4.78, 5) is 32.2. The van der Waals surface area contributed by atoms with Crippen LogP contribution in [0.15, 0.2) is 65.7 Å². The lowest BCUT2D eigenvalue weighted by Crippen LogP contribution is -2.49. The van der Waals surface area contributed by atoms with Crippen molar-refractivity contribution < 1.29 is 9.59 Å². The van der Waals surface area contributed by atoms with Crippen LogP contribution in [0.5, 0.6) is 0 Å². The highest BCUT2D eigenvalue weighted by Gasteiger charge is 2.49. The fourth-order valence-corrected chi connectivity index (χ4v) is 3.96. The van der Waals surface area contributed by atoms with Crippen LogP contribution in [0.3, 0.4) is 0 Å². The first-order chi connectivity index (χ1) is 13.2. The van der Waals surface area contributed by atoms with E-state index in [4.69, 9.17) is 4.99 Å². The lowest BCUT2D eigenvalue weighted by atomic mass is 10.1. The van der Waals surface area contributed by atoms with E-state index in [1.807, 2.05) is 60.7 Å². The minimum atomic E-state index is -0.549. The molecule has 2 amide bonds. The molecule has 2 aromatic rings. The molecule has 0 saturated heterocycles. The first-order valence-corrected chi connectivity index (χ1v) is 9.46. The highest BCUT2D eigenvalue weighted by molar-refractivity contribution is 6.47. The Kier molecular flexibility index (Phi) is 4.75. The fourth-order valence-electron chi connectivity index (χ4n) is 3.96. The van der Waals surface area contributed by atoms with Crippen LogP contribution < -0.4 is 5.32 Å². The third-order valence-electron chi connectivity index (χ3n) is 5.36. The topological polar surface area (TPSA) is 61.8 Å². The third kappa shape index (κ3) is 3.50. The molecule has 1 N–H and O–H groups in total. The van der Waals surface area contributed by atoms with Crippen LogP contribution in [-0.4, -0.2) is 34.6 Å². The smallest absolute Gasteiger partial charge is 0.275 e. The Hall–Kier alpha value is -2.95. The molecule has 2 aromatic carbocycles. The maximum absolute atomic E-state index is 13.1. The van der Waals surface area contributed by atoms with E-state index in [0.29, 0.717) is 12.3 Å². The summed E-state index contributed by atoms with van der Waals surface area (Å²) in [6.45, 7) is 0.507. The van der Waals surface area contributed by atoms with Crippen molar-refractivity contribution in [2.75, 3.05) is 6.54 Å². The molecule has 1 spiro atoms. The van der Waals surface area contributed by atoms with Gasteiger partial charge in [-0.25, -0.2) is 0 Å². The molecule has 0 atom stereocenters. The number of carbonyl (C=O) groups excluding carboxylic acids is 2. The van der Waals surface area contributed by atoms with Crippen LogP contribution in [0.1, 0.15) is 36.8 Å². The second-order valence-corrected chi connectivity index (χ2v) is 7.17. The maximum Gasteiger partial charge on any atom is 0.275 e. The van der Waals surface area contributed by atoms with E-state index in [-0.39, 0.29) is 18.4 Å². The van der Waals surface area contributed by atoms with Crippen LogP contribution in [0.25, 0.3) is 0 Å². The summed E-state index contributed by atoms with van der Waals surface area (Å²) in [5.41, 5.74) is 1.79. The molecule has 0 unspecified atom stereocenters. The van der Waals surface area contributed by atoms with Gasteiger partial charge in [0, 0.05) is 12.1 Å². The van der Waals surface area contributed by atoms with Gasteiger partial charge < -0.3 is 10.2 Å². The Balaban J connectivity index is 1.50. The minimum Gasteiger partial charge on any atom is -0.350 e. The second-order valence-electron chi connectivity index (χ2n) is 7.17. The summed E-state index contributed by atoms with van der Waals surface area (Å²) in [6, 6.07) is 19.3. The van der Waals surface area contributed by atoms with Crippen molar-refractivity contribution in [2.45, 2.75) is 37.9 Å². The molecule has 1 aliphatic carbocycles. The molecule has 2 aliphatic rings. The summed E-state index contributed by atoms with van der Waals surface area (Å²) in [5.74, 6) is -0.291. The molecule has 5 heteroatoms. The highest BCUT2D eigenvalue weighted by Crippen LogP contribution is 2.40. The summed E-state index contributed by atoms with van der Waals surface area (Å²) in [5, 5.41) is 2.92. The molecule has 138 valence electrons. The van der Waals surface area contributed by atoms with Crippen LogP contribution in [0.4, 0.5) is 0 Å². The average molecular weight is 361 g/mol.